The fourth-order valence-corrected chi connectivity index (χ4v) is 3.76. The summed E-state index contributed by atoms with van der Waals surface area (Å²) in [5, 5.41) is 0.833. The van der Waals surface area contributed by atoms with E-state index in [0.29, 0.717) is 18.0 Å². The molecular weight excluding hydrogens is 381 g/mol. The van der Waals surface area contributed by atoms with Crippen molar-refractivity contribution in [2.45, 2.75) is 32.8 Å². The molecule has 1 unspecified atom stereocenters. The number of nitrogens with two attached hydrogens (primary N) is 1. The van der Waals surface area contributed by atoms with E-state index in [9.17, 15) is 4.79 Å². The second-order valence-corrected chi connectivity index (χ2v) is 6.63. The molecule has 0 radical (unpaired) electrons. The lowest BCUT2D eigenvalue weighted by Gasteiger charge is -2.29. The lowest BCUT2D eigenvalue weighted by atomic mass is 10.00. The molecule has 2 heterocycles. The topological polar surface area (TPSA) is 68.5 Å². The zero-order chi connectivity index (χ0) is 16.4. The van der Waals surface area contributed by atoms with Crippen LogP contribution in [0.25, 0.3) is 0 Å². The van der Waals surface area contributed by atoms with E-state index in [1.807, 2.05) is 36.9 Å². The number of aromatic nitrogens is 1. The summed E-state index contributed by atoms with van der Waals surface area (Å²) in [5.74, 6) is -0.0102. The van der Waals surface area contributed by atoms with Crippen LogP contribution in [-0.2, 0) is 11.2 Å². The first-order chi connectivity index (χ1) is 11.1. The largest absolute Gasteiger partial charge is 0.398 e. The molecule has 1 aromatic carbocycles. The fourth-order valence-electron chi connectivity index (χ4n) is 2.89. The molecule has 2 aromatic rings. The third-order valence-electron chi connectivity index (χ3n) is 4.03. The van der Waals surface area contributed by atoms with Crippen LogP contribution in [0.4, 0.5) is 11.4 Å². The van der Waals surface area contributed by atoms with E-state index in [1.54, 1.807) is 6.20 Å². The average Bonchev–Trinajstić information content (AvgIpc) is 3.04. The Morgan fingerprint density at radius 3 is 2.92 bits per heavy atom. The molecule has 1 amide bonds. The maximum atomic E-state index is 12.9. The van der Waals surface area contributed by atoms with Gasteiger partial charge < -0.3 is 15.4 Å². The van der Waals surface area contributed by atoms with Crippen molar-refractivity contribution in [1.82, 2.24) is 4.98 Å². The van der Waals surface area contributed by atoms with E-state index >= 15 is 0 Å². The van der Waals surface area contributed by atoms with E-state index in [1.165, 1.54) is 11.3 Å². The van der Waals surface area contributed by atoms with Crippen LogP contribution in [0.15, 0.2) is 24.4 Å². The highest BCUT2D eigenvalue weighted by atomic mass is 35.5. The van der Waals surface area contributed by atoms with Crippen LogP contribution in [0.2, 0.25) is 0 Å². The summed E-state index contributed by atoms with van der Waals surface area (Å²) < 4.78 is 5.54. The van der Waals surface area contributed by atoms with E-state index in [-0.39, 0.29) is 36.8 Å². The minimum atomic E-state index is -0.0872. The number of anilines is 2. The summed E-state index contributed by atoms with van der Waals surface area (Å²) in [6.45, 7) is 5.24. The Bertz CT molecular complexity index is 724. The van der Waals surface area contributed by atoms with Crippen molar-refractivity contribution in [2.24, 2.45) is 0 Å². The van der Waals surface area contributed by atoms with Gasteiger partial charge in [-0.25, -0.2) is 4.98 Å². The van der Waals surface area contributed by atoms with Gasteiger partial charge in [-0.2, -0.15) is 0 Å². The second kappa shape index (κ2) is 9.38. The number of carbonyl (C=O) groups is 1. The van der Waals surface area contributed by atoms with Gasteiger partial charge >= 0.3 is 0 Å². The van der Waals surface area contributed by atoms with Crippen molar-refractivity contribution in [2.75, 3.05) is 23.8 Å². The van der Waals surface area contributed by atoms with Gasteiger partial charge in [-0.15, -0.1) is 36.2 Å². The molecule has 0 saturated heterocycles. The van der Waals surface area contributed by atoms with Crippen molar-refractivity contribution in [1.29, 1.82) is 0 Å². The summed E-state index contributed by atoms with van der Waals surface area (Å²) >= 11 is 1.40. The number of thiazole rings is 1. The molecule has 0 spiro atoms. The first-order valence-electron chi connectivity index (χ1n) is 7.88. The number of rotatable bonds is 4. The van der Waals surface area contributed by atoms with Gasteiger partial charge in [-0.3, -0.25) is 4.79 Å². The summed E-state index contributed by atoms with van der Waals surface area (Å²) in [7, 11) is 0. The van der Waals surface area contributed by atoms with Gasteiger partial charge in [-0.05, 0) is 44.4 Å². The van der Waals surface area contributed by atoms with E-state index in [2.05, 4.69) is 4.98 Å². The number of amides is 1. The van der Waals surface area contributed by atoms with Crippen molar-refractivity contribution < 1.29 is 9.53 Å². The minimum Gasteiger partial charge on any atom is -0.398 e. The van der Waals surface area contributed by atoms with Gasteiger partial charge in [-0.1, -0.05) is 6.07 Å². The van der Waals surface area contributed by atoms with Crippen LogP contribution in [0.3, 0.4) is 0 Å². The van der Waals surface area contributed by atoms with Crippen LogP contribution in [0.5, 0.6) is 0 Å². The highest BCUT2D eigenvalue weighted by Crippen LogP contribution is 2.33. The Labute approximate surface area is 164 Å². The Balaban J connectivity index is 0.00000156. The Morgan fingerprint density at radius 1 is 1.44 bits per heavy atom. The van der Waals surface area contributed by atoms with Crippen LogP contribution in [0, 0.1) is 0 Å². The molecule has 0 bridgehead atoms. The van der Waals surface area contributed by atoms with Crippen molar-refractivity contribution >= 4 is 53.4 Å². The number of fused-ring (bicyclic) bond motifs is 1. The van der Waals surface area contributed by atoms with Gasteiger partial charge in [0.15, 0.2) is 0 Å². The molecule has 1 aliphatic rings. The maximum Gasteiger partial charge on any atom is 0.270 e. The number of ether oxygens (including phenoxy) is 1. The monoisotopic (exact) mass is 403 g/mol. The van der Waals surface area contributed by atoms with E-state index in [0.717, 1.165) is 34.8 Å². The molecule has 0 fully saturated rings. The molecule has 5 nitrogen and oxygen atoms in total. The van der Waals surface area contributed by atoms with Crippen LogP contribution in [-0.4, -0.2) is 24.0 Å². The van der Waals surface area contributed by atoms with Crippen molar-refractivity contribution in [3.8, 4) is 0 Å². The number of nitrogen functional groups attached to an aromatic ring is 1. The Kier molecular flexibility index (Phi) is 8.15. The fraction of sp³-hybridized carbons (Fsp3) is 0.412. The first kappa shape index (κ1) is 21.7. The van der Waals surface area contributed by atoms with Crippen LogP contribution >= 0.6 is 36.2 Å². The number of nitrogens with zero attached hydrogens (tertiary/aromatic N) is 2. The van der Waals surface area contributed by atoms with Gasteiger partial charge in [0.2, 0.25) is 0 Å². The average molecular weight is 404 g/mol. The van der Waals surface area contributed by atoms with Crippen LogP contribution in [0.1, 0.15) is 46.6 Å². The number of hydrogen-bond donors (Lipinski definition) is 1. The lowest BCUT2D eigenvalue weighted by Crippen LogP contribution is -2.35. The molecular formula is C17H23Cl2N3O2S. The molecule has 3 rings (SSSR count). The summed E-state index contributed by atoms with van der Waals surface area (Å²) in [4.78, 5) is 19.7. The van der Waals surface area contributed by atoms with Gasteiger partial charge in [0, 0.05) is 24.5 Å². The Morgan fingerprint density at radius 2 is 2.20 bits per heavy atom. The molecule has 25 heavy (non-hydrogen) atoms. The second-order valence-electron chi connectivity index (χ2n) is 5.57. The van der Waals surface area contributed by atoms with Gasteiger partial charge in [0.25, 0.3) is 5.91 Å². The smallest absolute Gasteiger partial charge is 0.270 e. The van der Waals surface area contributed by atoms with Gasteiger partial charge in [0.1, 0.15) is 16.0 Å². The predicted octanol–water partition coefficient (Wildman–Crippen LogP) is 4.26. The SMILES string of the molecule is CCOC(C)c1ncc(C(=O)N2CCCc3c(N)cccc32)s1.Cl.Cl. The van der Waals surface area contributed by atoms with Crippen molar-refractivity contribution in [3.63, 3.8) is 0 Å². The zero-order valence-electron chi connectivity index (χ0n) is 14.2. The predicted molar refractivity (Wildman–Crippen MR) is 108 cm³/mol. The maximum absolute atomic E-state index is 12.9. The number of carbonyl (C=O) groups excluding carboxylic acids is 1. The molecule has 138 valence electrons. The van der Waals surface area contributed by atoms with E-state index < -0.39 is 0 Å². The Hall–Kier alpha value is -1.34. The standard InChI is InChI=1S/C17H21N3O2S.2ClH/c1-3-22-11(2)16-19-10-15(23-16)17(21)20-9-5-6-12-13(18)7-4-8-14(12)20;;/h4,7-8,10-11H,3,5-6,9,18H2,1-2H3;2*1H. The third kappa shape index (κ3) is 4.44. The summed E-state index contributed by atoms with van der Waals surface area (Å²) in [5.41, 5.74) is 8.81. The third-order valence-corrected chi connectivity index (χ3v) is 5.18. The molecule has 2 N–H and O–H groups in total. The molecule has 1 aromatic heterocycles. The van der Waals surface area contributed by atoms with Gasteiger partial charge in [0.05, 0.1) is 6.20 Å². The molecule has 1 atom stereocenters. The highest BCUT2D eigenvalue weighted by Gasteiger charge is 2.26. The quantitative estimate of drug-likeness (QED) is 0.774. The van der Waals surface area contributed by atoms with Crippen molar-refractivity contribution in [3.05, 3.63) is 39.8 Å². The summed E-state index contributed by atoms with van der Waals surface area (Å²) in [6, 6.07) is 5.75. The zero-order valence-corrected chi connectivity index (χ0v) is 16.7. The normalized spacial score (nSPS) is 14.1. The molecule has 0 aliphatic carbocycles. The number of halogens is 2. The highest BCUT2D eigenvalue weighted by molar-refractivity contribution is 7.13. The lowest BCUT2D eigenvalue weighted by molar-refractivity contribution is 0.0762. The minimum absolute atomic E-state index is 0. The summed E-state index contributed by atoms with van der Waals surface area (Å²) in [6.07, 6.45) is 3.41. The first-order valence-corrected chi connectivity index (χ1v) is 8.70. The number of hydrogen-bond acceptors (Lipinski definition) is 5. The molecule has 8 heteroatoms. The number of benzene rings is 1. The molecule has 0 saturated carbocycles. The molecule has 1 aliphatic heterocycles. The van der Waals surface area contributed by atoms with Crippen LogP contribution < -0.4 is 10.6 Å². The van der Waals surface area contributed by atoms with E-state index in [4.69, 9.17) is 10.5 Å².